The summed E-state index contributed by atoms with van der Waals surface area (Å²) in [6, 6.07) is 4.68. The number of likely N-dealkylation sites (tertiary alicyclic amines) is 1. The van der Waals surface area contributed by atoms with E-state index in [4.69, 9.17) is 4.74 Å². The largest absolute Gasteiger partial charge is 0.372 e. The van der Waals surface area contributed by atoms with E-state index < -0.39 is 11.4 Å². The first-order valence-corrected chi connectivity index (χ1v) is 9.77. The highest BCUT2D eigenvalue weighted by Gasteiger charge is 2.41. The van der Waals surface area contributed by atoms with Crippen LogP contribution in [0, 0.1) is 18.7 Å². The molecular formula is C21H29FN2O3. The Morgan fingerprint density at radius 1 is 1.26 bits per heavy atom. The lowest BCUT2D eigenvalue weighted by Gasteiger charge is -2.40. The average Bonchev–Trinajstić information content (AvgIpc) is 2.74. The maximum absolute atomic E-state index is 14.1. The molecule has 148 valence electrons. The first-order valence-electron chi connectivity index (χ1n) is 9.77. The lowest BCUT2D eigenvalue weighted by atomic mass is 9.87. The molecule has 2 fully saturated rings. The van der Waals surface area contributed by atoms with Crippen LogP contribution in [0.5, 0.6) is 0 Å². The minimum atomic E-state index is -0.496. The maximum Gasteiger partial charge on any atom is 0.257 e. The standard InChI is InChI=1S/C21H29FN2O3/c1-15(2)14-24-11-12-27-21(13-18(24)25)7-9-23(10-8-21)20(26)19-16(3)5-4-6-17(19)22/h4-6,15H,7-14H2,1-3H3. The Labute approximate surface area is 160 Å². The molecule has 1 aromatic rings. The number of hydrogen-bond donors (Lipinski definition) is 0. The van der Waals surface area contributed by atoms with Gasteiger partial charge in [0.25, 0.3) is 5.91 Å². The van der Waals surface area contributed by atoms with Crippen LogP contribution in [0.1, 0.15) is 49.0 Å². The van der Waals surface area contributed by atoms with E-state index in [1.807, 2.05) is 4.90 Å². The molecule has 2 saturated heterocycles. The summed E-state index contributed by atoms with van der Waals surface area (Å²) in [6.45, 7) is 8.80. The molecule has 0 atom stereocenters. The average molecular weight is 376 g/mol. The number of nitrogens with zero attached hydrogens (tertiary/aromatic N) is 2. The van der Waals surface area contributed by atoms with Gasteiger partial charge in [0.1, 0.15) is 5.82 Å². The van der Waals surface area contributed by atoms with Crippen molar-refractivity contribution in [3.05, 3.63) is 35.1 Å². The topological polar surface area (TPSA) is 49.9 Å². The number of aryl methyl sites for hydroxylation is 1. The quantitative estimate of drug-likeness (QED) is 0.815. The third kappa shape index (κ3) is 4.32. The van der Waals surface area contributed by atoms with Crippen LogP contribution in [0.3, 0.4) is 0 Å². The van der Waals surface area contributed by atoms with Crippen molar-refractivity contribution in [2.45, 2.75) is 45.6 Å². The lowest BCUT2D eigenvalue weighted by molar-refractivity contribution is -0.135. The van der Waals surface area contributed by atoms with E-state index in [-0.39, 0.29) is 17.4 Å². The van der Waals surface area contributed by atoms with Gasteiger partial charge in [0.2, 0.25) is 5.91 Å². The molecule has 3 rings (SSSR count). The first-order chi connectivity index (χ1) is 12.8. The van der Waals surface area contributed by atoms with Crippen LogP contribution >= 0.6 is 0 Å². The van der Waals surface area contributed by atoms with Gasteiger partial charge in [0, 0.05) is 26.2 Å². The minimum absolute atomic E-state index is 0.130. The van der Waals surface area contributed by atoms with Crippen LogP contribution < -0.4 is 0 Å². The number of benzene rings is 1. The Kier molecular flexibility index (Phi) is 5.84. The number of rotatable bonds is 3. The fourth-order valence-electron chi connectivity index (χ4n) is 4.07. The van der Waals surface area contributed by atoms with Crippen LogP contribution in [0.4, 0.5) is 4.39 Å². The van der Waals surface area contributed by atoms with Gasteiger partial charge >= 0.3 is 0 Å². The molecule has 6 heteroatoms. The number of carbonyl (C=O) groups excluding carboxylic acids is 2. The van der Waals surface area contributed by atoms with Crippen molar-refractivity contribution in [2.75, 3.05) is 32.8 Å². The third-order valence-corrected chi connectivity index (χ3v) is 5.58. The van der Waals surface area contributed by atoms with E-state index >= 15 is 0 Å². The Bertz CT molecular complexity index is 691. The minimum Gasteiger partial charge on any atom is -0.372 e. The predicted octanol–water partition coefficient (Wildman–Crippen LogP) is 3.01. The Hall–Kier alpha value is -1.95. The number of piperidine rings is 1. The molecule has 1 aromatic carbocycles. The monoisotopic (exact) mass is 376 g/mol. The smallest absolute Gasteiger partial charge is 0.257 e. The summed E-state index contributed by atoms with van der Waals surface area (Å²) in [4.78, 5) is 29.0. The van der Waals surface area contributed by atoms with Crippen molar-refractivity contribution >= 4 is 11.8 Å². The number of hydrogen-bond acceptors (Lipinski definition) is 3. The van der Waals surface area contributed by atoms with Crippen LogP contribution in [-0.4, -0.2) is 60.0 Å². The number of halogens is 1. The Morgan fingerprint density at radius 3 is 2.59 bits per heavy atom. The van der Waals surface area contributed by atoms with Gasteiger partial charge in [0.15, 0.2) is 0 Å². The number of amides is 2. The van der Waals surface area contributed by atoms with Gasteiger partial charge < -0.3 is 14.5 Å². The predicted molar refractivity (Wildman–Crippen MR) is 101 cm³/mol. The molecule has 0 bridgehead atoms. The van der Waals surface area contributed by atoms with E-state index in [2.05, 4.69) is 13.8 Å². The normalized spacial score (nSPS) is 20.3. The van der Waals surface area contributed by atoms with Crippen molar-refractivity contribution in [3.8, 4) is 0 Å². The summed E-state index contributed by atoms with van der Waals surface area (Å²) in [6.07, 6.45) is 1.57. The zero-order valence-corrected chi connectivity index (χ0v) is 16.5. The van der Waals surface area contributed by atoms with Gasteiger partial charge in [0.05, 0.1) is 24.2 Å². The second kappa shape index (κ2) is 7.97. The summed E-state index contributed by atoms with van der Waals surface area (Å²) in [7, 11) is 0. The van der Waals surface area contributed by atoms with Crippen LogP contribution in [0.2, 0.25) is 0 Å². The third-order valence-electron chi connectivity index (χ3n) is 5.58. The number of ether oxygens (including phenoxy) is 1. The molecule has 5 nitrogen and oxygen atoms in total. The van der Waals surface area contributed by atoms with Gasteiger partial charge in [-0.3, -0.25) is 9.59 Å². The first kappa shape index (κ1) is 19.8. The summed E-state index contributed by atoms with van der Waals surface area (Å²) >= 11 is 0. The summed E-state index contributed by atoms with van der Waals surface area (Å²) in [5.41, 5.74) is 0.295. The van der Waals surface area contributed by atoms with E-state index in [1.54, 1.807) is 24.0 Å². The van der Waals surface area contributed by atoms with E-state index in [1.165, 1.54) is 6.07 Å². The fourth-order valence-corrected chi connectivity index (χ4v) is 4.07. The molecule has 2 heterocycles. The van der Waals surface area contributed by atoms with Crippen molar-refractivity contribution in [3.63, 3.8) is 0 Å². The molecule has 0 radical (unpaired) electrons. The second-order valence-electron chi connectivity index (χ2n) is 8.17. The van der Waals surface area contributed by atoms with Crippen molar-refractivity contribution < 1.29 is 18.7 Å². The molecule has 0 N–H and O–H groups in total. The zero-order valence-electron chi connectivity index (χ0n) is 16.5. The second-order valence-corrected chi connectivity index (χ2v) is 8.17. The molecule has 0 aliphatic carbocycles. The van der Waals surface area contributed by atoms with Crippen LogP contribution in [-0.2, 0) is 9.53 Å². The molecule has 0 aromatic heterocycles. The van der Waals surface area contributed by atoms with Gasteiger partial charge in [-0.1, -0.05) is 26.0 Å². The highest BCUT2D eigenvalue weighted by molar-refractivity contribution is 5.96. The highest BCUT2D eigenvalue weighted by Crippen LogP contribution is 2.33. The van der Waals surface area contributed by atoms with Crippen molar-refractivity contribution in [1.29, 1.82) is 0 Å². The Morgan fingerprint density at radius 2 is 1.96 bits per heavy atom. The molecule has 1 spiro atoms. The van der Waals surface area contributed by atoms with Gasteiger partial charge in [-0.2, -0.15) is 0 Å². The van der Waals surface area contributed by atoms with Crippen molar-refractivity contribution in [2.24, 2.45) is 5.92 Å². The Balaban J connectivity index is 1.66. The molecular weight excluding hydrogens is 347 g/mol. The molecule has 27 heavy (non-hydrogen) atoms. The highest BCUT2D eigenvalue weighted by atomic mass is 19.1. The molecule has 0 unspecified atom stereocenters. The van der Waals surface area contributed by atoms with Gasteiger partial charge in [-0.25, -0.2) is 4.39 Å². The molecule has 0 saturated carbocycles. The lowest BCUT2D eigenvalue weighted by Crippen LogP contribution is -2.49. The van der Waals surface area contributed by atoms with E-state index in [0.29, 0.717) is 57.0 Å². The van der Waals surface area contributed by atoms with Crippen LogP contribution in [0.25, 0.3) is 0 Å². The summed E-state index contributed by atoms with van der Waals surface area (Å²) in [5.74, 6) is -0.204. The van der Waals surface area contributed by atoms with E-state index in [0.717, 1.165) is 6.54 Å². The number of carbonyl (C=O) groups is 2. The zero-order chi connectivity index (χ0) is 19.6. The summed E-state index contributed by atoms with van der Waals surface area (Å²) in [5, 5.41) is 0. The summed E-state index contributed by atoms with van der Waals surface area (Å²) < 4.78 is 20.3. The van der Waals surface area contributed by atoms with Crippen LogP contribution in [0.15, 0.2) is 18.2 Å². The SMILES string of the molecule is Cc1cccc(F)c1C(=O)N1CCC2(CC1)CC(=O)N(CC(C)C)CCO2. The van der Waals surface area contributed by atoms with Crippen molar-refractivity contribution in [1.82, 2.24) is 9.80 Å². The molecule has 2 aliphatic heterocycles. The van der Waals surface area contributed by atoms with E-state index in [9.17, 15) is 14.0 Å². The van der Waals surface area contributed by atoms with Gasteiger partial charge in [-0.15, -0.1) is 0 Å². The van der Waals surface area contributed by atoms with Gasteiger partial charge in [-0.05, 0) is 37.3 Å². The fraction of sp³-hybridized carbons (Fsp3) is 0.619. The molecule has 2 amide bonds. The molecule has 2 aliphatic rings. The maximum atomic E-state index is 14.1.